The Labute approximate surface area is 129 Å². The van der Waals surface area contributed by atoms with Gasteiger partial charge in [-0.15, -0.1) is 0 Å². The maximum atomic E-state index is 12.0. The molecule has 122 valence electrons. The van der Waals surface area contributed by atoms with E-state index in [2.05, 4.69) is 15.1 Å². The molecule has 5 nitrogen and oxygen atoms in total. The van der Waals surface area contributed by atoms with Crippen molar-refractivity contribution in [1.29, 1.82) is 0 Å². The number of rotatable bonds is 8. The molecule has 0 spiro atoms. The van der Waals surface area contributed by atoms with Gasteiger partial charge in [0.15, 0.2) is 0 Å². The monoisotopic (exact) mass is 296 g/mol. The van der Waals surface area contributed by atoms with E-state index in [1.807, 2.05) is 0 Å². The molecule has 5 heteroatoms. The fourth-order valence-corrected chi connectivity index (χ4v) is 3.37. The number of nitrogens with one attached hydrogen (secondary N) is 1. The number of hydrogen-bond acceptors (Lipinski definition) is 4. The average molecular weight is 296 g/mol. The van der Waals surface area contributed by atoms with Crippen LogP contribution in [-0.4, -0.2) is 67.6 Å². The fourth-order valence-electron chi connectivity index (χ4n) is 3.37. The van der Waals surface area contributed by atoms with Gasteiger partial charge in [-0.1, -0.05) is 19.3 Å². The third-order valence-corrected chi connectivity index (χ3v) is 4.73. The number of amides is 1. The molecule has 0 radical (unpaired) electrons. The minimum absolute atomic E-state index is 0.221. The lowest BCUT2D eigenvalue weighted by Crippen LogP contribution is -2.50. The maximum Gasteiger partial charge on any atom is 0.234 e. The van der Waals surface area contributed by atoms with Gasteiger partial charge in [-0.2, -0.15) is 0 Å². The Kier molecular flexibility index (Phi) is 7.47. The first-order chi connectivity index (χ1) is 10.3. The van der Waals surface area contributed by atoms with Crippen LogP contribution >= 0.6 is 0 Å². The summed E-state index contributed by atoms with van der Waals surface area (Å²) in [6.07, 6.45) is 8.51. The Balaban J connectivity index is 1.54. The molecule has 1 aliphatic carbocycles. The largest absolute Gasteiger partial charge is 0.352 e. The molecule has 3 N–H and O–H groups in total. The highest BCUT2D eigenvalue weighted by Crippen LogP contribution is 2.17. The van der Waals surface area contributed by atoms with Crippen molar-refractivity contribution in [2.75, 3.05) is 45.8 Å². The third kappa shape index (κ3) is 6.32. The van der Waals surface area contributed by atoms with Crippen LogP contribution in [0.5, 0.6) is 0 Å². The van der Waals surface area contributed by atoms with E-state index in [1.165, 1.54) is 45.1 Å². The highest BCUT2D eigenvalue weighted by molar-refractivity contribution is 5.78. The van der Waals surface area contributed by atoms with Crippen LogP contribution in [0.15, 0.2) is 0 Å². The van der Waals surface area contributed by atoms with Gasteiger partial charge < -0.3 is 16.0 Å². The highest BCUT2D eigenvalue weighted by Gasteiger charge is 2.21. The Hall–Kier alpha value is -0.650. The van der Waals surface area contributed by atoms with Crippen LogP contribution in [0.4, 0.5) is 0 Å². The molecular formula is C16H32N4O. The van der Waals surface area contributed by atoms with E-state index in [0.717, 1.165) is 39.1 Å². The van der Waals surface area contributed by atoms with Gasteiger partial charge in [-0.05, 0) is 38.8 Å². The Morgan fingerprint density at radius 1 is 1.00 bits per heavy atom. The summed E-state index contributed by atoms with van der Waals surface area (Å²) in [7, 11) is 0. The Bertz CT molecular complexity index is 297. The van der Waals surface area contributed by atoms with Crippen LogP contribution in [-0.2, 0) is 4.79 Å². The zero-order chi connectivity index (χ0) is 14.9. The summed E-state index contributed by atoms with van der Waals surface area (Å²) in [5, 5.41) is 3.18. The van der Waals surface area contributed by atoms with Crippen LogP contribution in [0.2, 0.25) is 0 Å². The lowest BCUT2D eigenvalue weighted by Gasteiger charge is -2.34. The van der Waals surface area contributed by atoms with E-state index < -0.39 is 0 Å². The standard InChI is InChI=1S/C16H32N4O/c17-8-4-1-5-9-19-10-12-20(13-11-19)14-16(21)18-15-6-2-3-7-15/h15H,1-14,17H2,(H,18,21). The van der Waals surface area contributed by atoms with Crippen molar-refractivity contribution in [2.24, 2.45) is 5.73 Å². The van der Waals surface area contributed by atoms with E-state index >= 15 is 0 Å². The molecule has 0 bridgehead atoms. The SMILES string of the molecule is NCCCCCN1CCN(CC(=O)NC2CCCC2)CC1. The number of piperazine rings is 1. The molecule has 1 saturated carbocycles. The van der Waals surface area contributed by atoms with E-state index in [-0.39, 0.29) is 5.91 Å². The molecule has 2 fully saturated rings. The third-order valence-electron chi connectivity index (χ3n) is 4.73. The second-order valence-corrected chi connectivity index (χ2v) is 6.52. The molecule has 0 atom stereocenters. The van der Waals surface area contributed by atoms with Crippen LogP contribution in [0.25, 0.3) is 0 Å². The van der Waals surface area contributed by atoms with Crippen molar-refractivity contribution in [2.45, 2.75) is 51.0 Å². The smallest absolute Gasteiger partial charge is 0.234 e. The number of hydrogen-bond donors (Lipinski definition) is 2. The van der Waals surface area contributed by atoms with Crippen molar-refractivity contribution in [3.05, 3.63) is 0 Å². The molecule has 2 rings (SSSR count). The molecule has 1 heterocycles. The highest BCUT2D eigenvalue weighted by atomic mass is 16.2. The number of carbonyl (C=O) groups excluding carboxylic acids is 1. The van der Waals surface area contributed by atoms with Crippen LogP contribution in [0.1, 0.15) is 44.9 Å². The summed E-state index contributed by atoms with van der Waals surface area (Å²) < 4.78 is 0. The van der Waals surface area contributed by atoms with Crippen LogP contribution < -0.4 is 11.1 Å². The van der Waals surface area contributed by atoms with Crippen molar-refractivity contribution in [3.8, 4) is 0 Å². The molecule has 1 aliphatic heterocycles. The molecule has 0 unspecified atom stereocenters. The molecule has 0 aromatic carbocycles. The second-order valence-electron chi connectivity index (χ2n) is 6.52. The zero-order valence-corrected chi connectivity index (χ0v) is 13.4. The minimum atomic E-state index is 0.221. The molecular weight excluding hydrogens is 264 g/mol. The van der Waals surface area contributed by atoms with Gasteiger partial charge in [-0.25, -0.2) is 0 Å². The van der Waals surface area contributed by atoms with Crippen molar-refractivity contribution < 1.29 is 4.79 Å². The summed E-state index contributed by atoms with van der Waals surface area (Å²) in [6.45, 7) is 6.81. The van der Waals surface area contributed by atoms with E-state index in [1.54, 1.807) is 0 Å². The lowest BCUT2D eigenvalue weighted by molar-refractivity contribution is -0.123. The maximum absolute atomic E-state index is 12.0. The number of carbonyl (C=O) groups is 1. The lowest BCUT2D eigenvalue weighted by atomic mass is 10.2. The average Bonchev–Trinajstić information content (AvgIpc) is 2.98. The first-order valence-corrected chi connectivity index (χ1v) is 8.72. The van der Waals surface area contributed by atoms with Crippen molar-refractivity contribution in [1.82, 2.24) is 15.1 Å². The normalized spacial score (nSPS) is 21.8. The van der Waals surface area contributed by atoms with Gasteiger partial charge >= 0.3 is 0 Å². The summed E-state index contributed by atoms with van der Waals surface area (Å²) in [5.41, 5.74) is 5.51. The summed E-state index contributed by atoms with van der Waals surface area (Å²) in [4.78, 5) is 16.8. The molecule has 0 aromatic heterocycles. The fraction of sp³-hybridized carbons (Fsp3) is 0.938. The topological polar surface area (TPSA) is 61.6 Å². The number of nitrogens with zero attached hydrogens (tertiary/aromatic N) is 2. The second kappa shape index (κ2) is 9.38. The number of unbranched alkanes of at least 4 members (excludes halogenated alkanes) is 2. The van der Waals surface area contributed by atoms with Crippen molar-refractivity contribution in [3.63, 3.8) is 0 Å². The summed E-state index contributed by atoms with van der Waals surface area (Å²) in [5.74, 6) is 0.221. The first kappa shape index (κ1) is 16.7. The first-order valence-electron chi connectivity index (χ1n) is 8.72. The predicted molar refractivity (Wildman–Crippen MR) is 86.2 cm³/mol. The molecule has 0 aromatic rings. The zero-order valence-electron chi connectivity index (χ0n) is 13.4. The van der Waals surface area contributed by atoms with Crippen LogP contribution in [0.3, 0.4) is 0 Å². The van der Waals surface area contributed by atoms with Gasteiger partial charge in [0.05, 0.1) is 6.54 Å². The van der Waals surface area contributed by atoms with E-state index in [4.69, 9.17) is 5.73 Å². The molecule has 1 saturated heterocycles. The van der Waals surface area contributed by atoms with E-state index in [0.29, 0.717) is 12.6 Å². The van der Waals surface area contributed by atoms with Gasteiger partial charge in [-0.3, -0.25) is 9.69 Å². The Morgan fingerprint density at radius 2 is 1.67 bits per heavy atom. The number of nitrogens with two attached hydrogens (primary N) is 1. The molecule has 1 amide bonds. The van der Waals surface area contributed by atoms with Gasteiger partial charge in [0, 0.05) is 32.2 Å². The van der Waals surface area contributed by atoms with Gasteiger partial charge in [0.1, 0.15) is 0 Å². The quantitative estimate of drug-likeness (QED) is 0.650. The van der Waals surface area contributed by atoms with Crippen LogP contribution in [0, 0.1) is 0 Å². The molecule has 2 aliphatic rings. The Morgan fingerprint density at radius 3 is 2.33 bits per heavy atom. The molecule has 21 heavy (non-hydrogen) atoms. The van der Waals surface area contributed by atoms with E-state index in [9.17, 15) is 4.79 Å². The minimum Gasteiger partial charge on any atom is -0.352 e. The van der Waals surface area contributed by atoms with Crippen molar-refractivity contribution >= 4 is 5.91 Å². The summed E-state index contributed by atoms with van der Waals surface area (Å²) >= 11 is 0. The predicted octanol–water partition coefficient (Wildman–Crippen LogP) is 0.792. The summed E-state index contributed by atoms with van der Waals surface area (Å²) in [6, 6.07) is 0.446. The van der Waals surface area contributed by atoms with Gasteiger partial charge in [0.25, 0.3) is 0 Å². The van der Waals surface area contributed by atoms with Gasteiger partial charge in [0.2, 0.25) is 5.91 Å².